The first-order valence-corrected chi connectivity index (χ1v) is 6.15. The van der Waals surface area contributed by atoms with E-state index in [-0.39, 0.29) is 18.9 Å². The quantitative estimate of drug-likeness (QED) is 0.773. The van der Waals surface area contributed by atoms with Crippen LogP contribution >= 0.6 is 0 Å². The van der Waals surface area contributed by atoms with E-state index in [0.29, 0.717) is 23.7 Å². The minimum absolute atomic E-state index is 0.139. The molecule has 1 unspecified atom stereocenters. The van der Waals surface area contributed by atoms with Crippen LogP contribution in [-0.2, 0) is 9.59 Å². The lowest BCUT2D eigenvalue weighted by Gasteiger charge is -2.19. The number of benzene rings is 1. The maximum Gasteiger partial charge on any atom is 0.227 e. The van der Waals surface area contributed by atoms with Crippen molar-refractivity contribution in [1.29, 1.82) is 0 Å². The molecule has 1 heterocycles. The van der Waals surface area contributed by atoms with Gasteiger partial charge in [0.15, 0.2) is 0 Å². The summed E-state index contributed by atoms with van der Waals surface area (Å²) in [4.78, 5) is 24.5. The van der Waals surface area contributed by atoms with Gasteiger partial charge in [0.05, 0.1) is 23.9 Å². The molecule has 0 saturated carbocycles. The van der Waals surface area contributed by atoms with E-state index in [1.807, 2.05) is 6.92 Å². The van der Waals surface area contributed by atoms with Gasteiger partial charge in [-0.1, -0.05) is 0 Å². The maximum absolute atomic E-state index is 11.9. The van der Waals surface area contributed by atoms with Gasteiger partial charge < -0.3 is 21.1 Å². The van der Waals surface area contributed by atoms with Crippen LogP contribution < -0.4 is 21.1 Å². The molecular weight excluding hydrogens is 246 g/mol. The fraction of sp³-hybridized carbons (Fsp3) is 0.385. The minimum atomic E-state index is -0.458. The molecule has 1 aromatic carbocycles. The average molecular weight is 263 g/mol. The number of primary amides is 1. The third kappa shape index (κ3) is 2.62. The van der Waals surface area contributed by atoms with Crippen LogP contribution in [-0.4, -0.2) is 25.0 Å². The number of hydrogen-bond donors (Lipinski definition) is 2. The Morgan fingerprint density at radius 1 is 1.53 bits per heavy atom. The van der Waals surface area contributed by atoms with E-state index in [9.17, 15) is 9.59 Å². The van der Waals surface area contributed by atoms with Crippen LogP contribution in [0.3, 0.4) is 0 Å². The van der Waals surface area contributed by atoms with E-state index in [4.69, 9.17) is 16.2 Å². The van der Waals surface area contributed by atoms with E-state index >= 15 is 0 Å². The van der Waals surface area contributed by atoms with Crippen molar-refractivity contribution in [2.75, 3.05) is 23.8 Å². The number of nitrogens with two attached hydrogens (primary N) is 2. The topological polar surface area (TPSA) is 98.6 Å². The highest BCUT2D eigenvalue weighted by Gasteiger charge is 2.34. The number of rotatable bonds is 4. The number of ether oxygens (including phenoxy) is 1. The summed E-state index contributed by atoms with van der Waals surface area (Å²) in [7, 11) is 0. The molecule has 1 aromatic rings. The van der Waals surface area contributed by atoms with Gasteiger partial charge in [0, 0.05) is 19.0 Å². The van der Waals surface area contributed by atoms with Crippen LogP contribution in [0.1, 0.15) is 13.3 Å². The third-order valence-corrected chi connectivity index (χ3v) is 3.13. The van der Waals surface area contributed by atoms with Gasteiger partial charge in [-0.05, 0) is 19.1 Å². The average Bonchev–Trinajstić information content (AvgIpc) is 2.72. The molecule has 6 nitrogen and oxygen atoms in total. The molecule has 1 atom stereocenters. The summed E-state index contributed by atoms with van der Waals surface area (Å²) in [6.45, 7) is 2.71. The van der Waals surface area contributed by atoms with Crippen molar-refractivity contribution in [2.45, 2.75) is 13.3 Å². The summed E-state index contributed by atoms with van der Waals surface area (Å²) in [5.41, 5.74) is 12.2. The molecule has 0 aliphatic carbocycles. The summed E-state index contributed by atoms with van der Waals surface area (Å²) < 4.78 is 5.33. The van der Waals surface area contributed by atoms with Crippen molar-refractivity contribution >= 4 is 23.2 Å². The monoisotopic (exact) mass is 263 g/mol. The van der Waals surface area contributed by atoms with Gasteiger partial charge in [0.1, 0.15) is 5.75 Å². The van der Waals surface area contributed by atoms with E-state index in [0.717, 1.165) is 0 Å². The van der Waals surface area contributed by atoms with Crippen LogP contribution in [0.4, 0.5) is 11.4 Å². The molecule has 6 heteroatoms. The molecule has 19 heavy (non-hydrogen) atoms. The SMILES string of the molecule is CCOc1ccc(N2CC(C(N)=O)CC2=O)c(N)c1. The summed E-state index contributed by atoms with van der Waals surface area (Å²) in [6, 6.07) is 5.14. The number of nitrogens with zero attached hydrogens (tertiary/aromatic N) is 1. The smallest absolute Gasteiger partial charge is 0.227 e. The van der Waals surface area contributed by atoms with Crippen molar-refractivity contribution in [1.82, 2.24) is 0 Å². The van der Waals surface area contributed by atoms with Crippen molar-refractivity contribution in [3.05, 3.63) is 18.2 Å². The van der Waals surface area contributed by atoms with Gasteiger partial charge in [-0.2, -0.15) is 0 Å². The number of carbonyl (C=O) groups excluding carboxylic acids is 2. The Hall–Kier alpha value is -2.24. The molecule has 1 saturated heterocycles. The maximum atomic E-state index is 11.9. The van der Waals surface area contributed by atoms with Gasteiger partial charge in [0.2, 0.25) is 11.8 Å². The number of anilines is 2. The highest BCUT2D eigenvalue weighted by Crippen LogP contribution is 2.32. The van der Waals surface area contributed by atoms with Crippen molar-refractivity contribution in [2.24, 2.45) is 11.7 Å². The molecule has 4 N–H and O–H groups in total. The van der Waals surface area contributed by atoms with Crippen molar-refractivity contribution in [3.63, 3.8) is 0 Å². The lowest BCUT2D eigenvalue weighted by Crippen LogP contribution is -2.28. The van der Waals surface area contributed by atoms with E-state index in [1.165, 1.54) is 4.90 Å². The Morgan fingerprint density at radius 3 is 2.79 bits per heavy atom. The van der Waals surface area contributed by atoms with Gasteiger partial charge in [-0.25, -0.2) is 0 Å². The summed E-state index contributed by atoms with van der Waals surface area (Å²) in [6.07, 6.45) is 0.141. The largest absolute Gasteiger partial charge is 0.494 e. The van der Waals surface area contributed by atoms with Crippen molar-refractivity contribution < 1.29 is 14.3 Å². The highest BCUT2D eigenvalue weighted by molar-refractivity contribution is 6.02. The molecular formula is C13H17N3O3. The second-order valence-electron chi connectivity index (χ2n) is 4.46. The zero-order chi connectivity index (χ0) is 14.0. The van der Waals surface area contributed by atoms with Crippen LogP contribution in [0.25, 0.3) is 0 Å². The van der Waals surface area contributed by atoms with E-state index < -0.39 is 11.8 Å². The molecule has 1 aliphatic heterocycles. The van der Waals surface area contributed by atoms with E-state index in [1.54, 1.807) is 18.2 Å². The molecule has 2 rings (SSSR count). The van der Waals surface area contributed by atoms with Gasteiger partial charge in [-0.15, -0.1) is 0 Å². The Morgan fingerprint density at radius 2 is 2.26 bits per heavy atom. The highest BCUT2D eigenvalue weighted by atomic mass is 16.5. The number of hydrogen-bond acceptors (Lipinski definition) is 4. The second kappa shape index (κ2) is 5.17. The summed E-state index contributed by atoms with van der Waals surface area (Å²) in [5, 5.41) is 0. The molecule has 102 valence electrons. The van der Waals surface area contributed by atoms with Crippen LogP contribution in [0, 0.1) is 5.92 Å². The predicted molar refractivity (Wildman–Crippen MR) is 71.7 cm³/mol. The number of nitrogen functional groups attached to an aromatic ring is 1. The molecule has 0 aromatic heterocycles. The predicted octanol–water partition coefficient (Wildman–Crippen LogP) is 0.506. The Labute approximate surface area is 111 Å². The first kappa shape index (κ1) is 13.2. The molecule has 2 amide bonds. The summed E-state index contributed by atoms with van der Waals surface area (Å²) in [5.74, 6) is -0.389. The third-order valence-electron chi connectivity index (χ3n) is 3.13. The van der Waals surface area contributed by atoms with E-state index in [2.05, 4.69) is 0 Å². The normalized spacial score (nSPS) is 18.7. The Balaban J connectivity index is 2.23. The second-order valence-corrected chi connectivity index (χ2v) is 4.46. The standard InChI is InChI=1S/C13H17N3O3/c1-2-19-9-3-4-11(10(14)6-9)16-7-8(13(15)18)5-12(16)17/h3-4,6,8H,2,5,7,14H2,1H3,(H2,15,18). The van der Waals surface area contributed by atoms with Crippen molar-refractivity contribution in [3.8, 4) is 5.75 Å². The summed E-state index contributed by atoms with van der Waals surface area (Å²) >= 11 is 0. The molecule has 1 aliphatic rings. The zero-order valence-electron chi connectivity index (χ0n) is 10.8. The number of amides is 2. The lowest BCUT2D eigenvalue weighted by molar-refractivity contribution is -0.123. The van der Waals surface area contributed by atoms with Gasteiger partial charge >= 0.3 is 0 Å². The van der Waals surface area contributed by atoms with Gasteiger partial charge in [0.25, 0.3) is 0 Å². The molecule has 0 spiro atoms. The zero-order valence-corrected chi connectivity index (χ0v) is 10.8. The number of carbonyl (C=O) groups is 2. The molecule has 0 radical (unpaired) electrons. The van der Waals surface area contributed by atoms with Gasteiger partial charge in [-0.3, -0.25) is 9.59 Å². The van der Waals surface area contributed by atoms with Crippen LogP contribution in [0.2, 0.25) is 0 Å². The fourth-order valence-electron chi connectivity index (χ4n) is 2.17. The first-order chi connectivity index (χ1) is 9.02. The Kier molecular flexibility index (Phi) is 3.59. The van der Waals surface area contributed by atoms with Crippen LogP contribution in [0.15, 0.2) is 18.2 Å². The fourth-order valence-corrected chi connectivity index (χ4v) is 2.17. The minimum Gasteiger partial charge on any atom is -0.494 e. The first-order valence-electron chi connectivity index (χ1n) is 6.15. The molecule has 1 fully saturated rings. The Bertz CT molecular complexity index is 516. The molecule has 0 bridgehead atoms. The van der Waals surface area contributed by atoms with Crippen LogP contribution in [0.5, 0.6) is 5.75 Å². The lowest BCUT2D eigenvalue weighted by atomic mass is 10.1.